The first-order valence-corrected chi connectivity index (χ1v) is 8.15. The van der Waals surface area contributed by atoms with Crippen LogP contribution in [0.3, 0.4) is 0 Å². The van der Waals surface area contributed by atoms with Crippen molar-refractivity contribution in [2.75, 3.05) is 12.4 Å². The summed E-state index contributed by atoms with van der Waals surface area (Å²) in [5.74, 6) is 0.398. The SMILES string of the molecule is N#Cc1ccc(OCCS(=O)(=O)c2ccc(Cl)cc2)cc1. The number of rotatable bonds is 5. The van der Waals surface area contributed by atoms with Gasteiger partial charge in [0.05, 0.1) is 22.3 Å². The van der Waals surface area contributed by atoms with Gasteiger partial charge < -0.3 is 4.74 Å². The van der Waals surface area contributed by atoms with Gasteiger partial charge in [-0.3, -0.25) is 0 Å². The molecule has 2 aromatic rings. The number of hydrogen-bond donors (Lipinski definition) is 0. The molecule has 4 nitrogen and oxygen atoms in total. The third kappa shape index (κ3) is 4.22. The smallest absolute Gasteiger partial charge is 0.181 e. The minimum absolute atomic E-state index is 0.0386. The van der Waals surface area contributed by atoms with Crippen LogP contribution in [0.2, 0.25) is 5.02 Å². The van der Waals surface area contributed by atoms with Crippen molar-refractivity contribution in [1.29, 1.82) is 5.26 Å². The van der Waals surface area contributed by atoms with E-state index in [-0.39, 0.29) is 17.3 Å². The second-order valence-corrected chi connectivity index (χ2v) is 6.80. The lowest BCUT2D eigenvalue weighted by atomic mass is 10.2. The van der Waals surface area contributed by atoms with Crippen LogP contribution in [-0.2, 0) is 9.84 Å². The quantitative estimate of drug-likeness (QED) is 0.848. The van der Waals surface area contributed by atoms with E-state index < -0.39 is 9.84 Å². The van der Waals surface area contributed by atoms with Gasteiger partial charge in [0.25, 0.3) is 0 Å². The van der Waals surface area contributed by atoms with E-state index in [2.05, 4.69) is 0 Å². The summed E-state index contributed by atoms with van der Waals surface area (Å²) in [5, 5.41) is 9.17. The van der Waals surface area contributed by atoms with Crippen LogP contribution in [0, 0.1) is 11.3 Å². The van der Waals surface area contributed by atoms with Crippen LogP contribution in [0.25, 0.3) is 0 Å². The fourth-order valence-electron chi connectivity index (χ4n) is 1.65. The summed E-state index contributed by atoms with van der Waals surface area (Å²) in [4.78, 5) is 0.218. The molecule has 21 heavy (non-hydrogen) atoms. The van der Waals surface area contributed by atoms with Crippen LogP contribution in [0.1, 0.15) is 5.56 Å². The molecule has 0 aliphatic heterocycles. The number of nitrogens with zero attached hydrogens (tertiary/aromatic N) is 1. The first-order valence-electron chi connectivity index (χ1n) is 6.12. The molecule has 0 radical (unpaired) electrons. The lowest BCUT2D eigenvalue weighted by molar-refractivity contribution is 0.341. The molecule has 0 bridgehead atoms. The van der Waals surface area contributed by atoms with Crippen molar-refractivity contribution in [3.8, 4) is 11.8 Å². The summed E-state index contributed by atoms with van der Waals surface area (Å²) < 4.78 is 29.5. The normalized spacial score (nSPS) is 10.9. The predicted molar refractivity (Wildman–Crippen MR) is 80.2 cm³/mol. The van der Waals surface area contributed by atoms with Crippen molar-refractivity contribution >= 4 is 21.4 Å². The number of nitriles is 1. The molecule has 0 spiro atoms. The number of benzene rings is 2. The summed E-state index contributed by atoms with van der Waals surface area (Å²) in [7, 11) is -3.40. The molecule has 0 unspecified atom stereocenters. The van der Waals surface area contributed by atoms with E-state index in [0.29, 0.717) is 16.3 Å². The van der Waals surface area contributed by atoms with E-state index in [1.54, 1.807) is 24.3 Å². The molecule has 0 saturated heterocycles. The average molecular weight is 322 g/mol. The van der Waals surface area contributed by atoms with Crippen molar-refractivity contribution < 1.29 is 13.2 Å². The largest absolute Gasteiger partial charge is 0.493 e. The van der Waals surface area contributed by atoms with E-state index in [1.807, 2.05) is 6.07 Å². The average Bonchev–Trinajstić information content (AvgIpc) is 2.48. The van der Waals surface area contributed by atoms with Gasteiger partial charge in [0.15, 0.2) is 9.84 Å². The van der Waals surface area contributed by atoms with E-state index in [1.165, 1.54) is 24.3 Å². The van der Waals surface area contributed by atoms with Gasteiger partial charge in [-0.25, -0.2) is 8.42 Å². The molecule has 0 aromatic heterocycles. The van der Waals surface area contributed by atoms with Crippen LogP contribution in [0.15, 0.2) is 53.4 Å². The highest BCUT2D eigenvalue weighted by molar-refractivity contribution is 7.91. The molecule has 0 heterocycles. The second kappa shape index (κ2) is 6.61. The van der Waals surface area contributed by atoms with Crippen LogP contribution in [0.5, 0.6) is 5.75 Å². The Morgan fingerprint density at radius 1 is 1.05 bits per heavy atom. The Morgan fingerprint density at radius 3 is 2.24 bits per heavy atom. The Kier molecular flexibility index (Phi) is 4.84. The monoisotopic (exact) mass is 321 g/mol. The van der Waals surface area contributed by atoms with Gasteiger partial charge in [0.1, 0.15) is 12.4 Å². The minimum atomic E-state index is -3.40. The summed E-state index contributed by atoms with van der Waals surface area (Å²) in [6, 6.07) is 14.5. The molecule has 0 atom stereocenters. The topological polar surface area (TPSA) is 67.2 Å². The molecule has 0 amide bonds. The number of ether oxygens (including phenoxy) is 1. The van der Waals surface area contributed by atoms with Gasteiger partial charge in [-0.15, -0.1) is 0 Å². The maximum Gasteiger partial charge on any atom is 0.181 e. The van der Waals surface area contributed by atoms with Gasteiger partial charge in [-0.05, 0) is 48.5 Å². The van der Waals surface area contributed by atoms with Crippen molar-refractivity contribution in [3.05, 3.63) is 59.1 Å². The van der Waals surface area contributed by atoms with Gasteiger partial charge in [0, 0.05) is 5.02 Å². The lowest BCUT2D eigenvalue weighted by Crippen LogP contribution is -2.14. The van der Waals surface area contributed by atoms with Crippen LogP contribution < -0.4 is 4.74 Å². The van der Waals surface area contributed by atoms with Crippen molar-refractivity contribution in [1.82, 2.24) is 0 Å². The number of halogens is 1. The Morgan fingerprint density at radius 2 is 1.67 bits per heavy atom. The van der Waals surface area contributed by atoms with Gasteiger partial charge in [-0.1, -0.05) is 11.6 Å². The molecule has 0 aliphatic rings. The highest BCUT2D eigenvalue weighted by Crippen LogP contribution is 2.16. The Balaban J connectivity index is 1.95. The van der Waals surface area contributed by atoms with E-state index in [4.69, 9.17) is 21.6 Å². The zero-order chi connectivity index (χ0) is 15.3. The number of sulfone groups is 1. The highest BCUT2D eigenvalue weighted by atomic mass is 35.5. The van der Waals surface area contributed by atoms with Crippen LogP contribution in [-0.4, -0.2) is 20.8 Å². The first-order chi connectivity index (χ1) is 10.0. The van der Waals surface area contributed by atoms with E-state index in [9.17, 15) is 8.42 Å². The molecule has 6 heteroatoms. The van der Waals surface area contributed by atoms with Gasteiger partial charge >= 0.3 is 0 Å². The molecule has 108 valence electrons. The lowest BCUT2D eigenvalue weighted by Gasteiger charge is -2.07. The molecule has 0 N–H and O–H groups in total. The zero-order valence-electron chi connectivity index (χ0n) is 11.0. The zero-order valence-corrected chi connectivity index (χ0v) is 12.6. The standard InChI is InChI=1S/C15H12ClNO3S/c16-13-3-7-15(8-4-13)21(18,19)10-9-20-14-5-1-12(11-17)2-6-14/h1-8H,9-10H2. The molecular weight excluding hydrogens is 310 g/mol. The molecule has 0 aliphatic carbocycles. The summed E-state index contributed by atoms with van der Waals surface area (Å²) in [6.07, 6.45) is 0. The van der Waals surface area contributed by atoms with Crippen LogP contribution in [0.4, 0.5) is 0 Å². The van der Waals surface area contributed by atoms with Crippen molar-refractivity contribution in [3.63, 3.8) is 0 Å². The van der Waals surface area contributed by atoms with E-state index >= 15 is 0 Å². The Labute approximate surface area is 128 Å². The van der Waals surface area contributed by atoms with Crippen LogP contribution >= 0.6 is 11.6 Å². The second-order valence-electron chi connectivity index (χ2n) is 4.26. The molecule has 2 rings (SSSR count). The third-order valence-electron chi connectivity index (χ3n) is 2.78. The summed E-state index contributed by atoms with van der Waals surface area (Å²) >= 11 is 5.73. The first kappa shape index (κ1) is 15.4. The Bertz CT molecular complexity index is 747. The minimum Gasteiger partial charge on any atom is -0.493 e. The highest BCUT2D eigenvalue weighted by Gasteiger charge is 2.14. The third-order valence-corrected chi connectivity index (χ3v) is 4.72. The fourth-order valence-corrected chi connectivity index (χ4v) is 2.87. The van der Waals surface area contributed by atoms with Crippen molar-refractivity contribution in [2.45, 2.75) is 4.90 Å². The predicted octanol–water partition coefficient (Wildman–Crippen LogP) is 3.06. The van der Waals surface area contributed by atoms with Gasteiger partial charge in [-0.2, -0.15) is 5.26 Å². The molecular formula is C15H12ClNO3S. The summed E-state index contributed by atoms with van der Waals surface area (Å²) in [5.41, 5.74) is 0.524. The van der Waals surface area contributed by atoms with E-state index in [0.717, 1.165) is 0 Å². The fraction of sp³-hybridized carbons (Fsp3) is 0.133. The van der Waals surface area contributed by atoms with Gasteiger partial charge in [0.2, 0.25) is 0 Å². The maximum absolute atomic E-state index is 12.1. The molecule has 2 aromatic carbocycles. The van der Waals surface area contributed by atoms with Crippen molar-refractivity contribution in [2.24, 2.45) is 0 Å². The summed E-state index contributed by atoms with van der Waals surface area (Å²) in [6.45, 7) is 0.0386. The number of hydrogen-bond acceptors (Lipinski definition) is 4. The Hall–Kier alpha value is -2.03. The molecule has 0 saturated carbocycles. The molecule has 0 fully saturated rings. The maximum atomic E-state index is 12.1.